The van der Waals surface area contributed by atoms with E-state index in [4.69, 9.17) is 9.84 Å². The lowest BCUT2D eigenvalue weighted by molar-refractivity contribution is -0.137. The number of ketones is 1. The van der Waals surface area contributed by atoms with Gasteiger partial charge in [-0.3, -0.25) is 4.79 Å². The van der Waals surface area contributed by atoms with Gasteiger partial charge in [-0.05, 0) is 19.4 Å². The second-order valence-corrected chi connectivity index (χ2v) is 4.25. The van der Waals surface area contributed by atoms with Crippen LogP contribution in [0.25, 0.3) is 6.08 Å². The summed E-state index contributed by atoms with van der Waals surface area (Å²) in [6.07, 6.45) is 2.86. The first-order chi connectivity index (χ1) is 9.06. The third-order valence-electron chi connectivity index (χ3n) is 3.00. The van der Waals surface area contributed by atoms with Crippen LogP contribution in [-0.2, 0) is 14.3 Å². The summed E-state index contributed by atoms with van der Waals surface area (Å²) in [5.74, 6) is -1.77. The highest BCUT2D eigenvalue weighted by Crippen LogP contribution is 2.34. The number of hydrogen-bond donors (Lipinski definition) is 1. The predicted octanol–water partition coefficient (Wildman–Crippen LogP) is 2.72. The first-order valence-corrected chi connectivity index (χ1v) is 5.93. The van der Waals surface area contributed by atoms with Gasteiger partial charge in [0.2, 0.25) is 11.5 Å². The van der Waals surface area contributed by atoms with Gasteiger partial charge in [0.05, 0.1) is 0 Å². The molecule has 1 aromatic rings. The Bertz CT molecular complexity index is 596. The Morgan fingerprint density at radius 3 is 2.63 bits per heavy atom. The first kappa shape index (κ1) is 13.1. The maximum Gasteiger partial charge on any atom is 0.371 e. The Morgan fingerprint density at radius 1 is 1.37 bits per heavy atom. The van der Waals surface area contributed by atoms with E-state index in [9.17, 15) is 9.59 Å². The normalized spacial score (nSPS) is 19.1. The summed E-state index contributed by atoms with van der Waals surface area (Å²) in [5, 5.41) is 8.99. The van der Waals surface area contributed by atoms with Crippen molar-refractivity contribution in [3.8, 4) is 0 Å². The Balaban J connectivity index is 2.42. The van der Waals surface area contributed by atoms with Crippen LogP contribution in [0.15, 0.2) is 41.7 Å². The Morgan fingerprint density at radius 2 is 2.05 bits per heavy atom. The second kappa shape index (κ2) is 5.10. The van der Waals surface area contributed by atoms with Gasteiger partial charge in [-0.2, -0.15) is 0 Å². The number of Topliss-reactive ketones (excluding diaryl/α,β-unsaturated/α-hetero) is 1. The van der Waals surface area contributed by atoms with Gasteiger partial charge in [0.15, 0.2) is 6.10 Å². The molecule has 0 aromatic heterocycles. The van der Waals surface area contributed by atoms with Crippen molar-refractivity contribution < 1.29 is 19.4 Å². The van der Waals surface area contributed by atoms with Crippen molar-refractivity contribution in [3.05, 3.63) is 52.8 Å². The number of benzene rings is 1. The SMILES string of the molecule is CC=Cc1ccccc1C1OC(C(=O)O)=C(C)C1=O. The van der Waals surface area contributed by atoms with E-state index in [1.807, 2.05) is 31.2 Å². The van der Waals surface area contributed by atoms with Crippen molar-refractivity contribution in [3.63, 3.8) is 0 Å². The van der Waals surface area contributed by atoms with Gasteiger partial charge < -0.3 is 9.84 Å². The van der Waals surface area contributed by atoms with E-state index >= 15 is 0 Å². The Hall–Kier alpha value is -2.36. The molecule has 0 aliphatic carbocycles. The molecule has 0 saturated heterocycles. The quantitative estimate of drug-likeness (QED) is 0.905. The fourth-order valence-electron chi connectivity index (χ4n) is 2.06. The molecule has 0 saturated carbocycles. The molecule has 1 heterocycles. The smallest absolute Gasteiger partial charge is 0.371 e. The van der Waals surface area contributed by atoms with Crippen molar-refractivity contribution >= 4 is 17.8 Å². The van der Waals surface area contributed by atoms with Gasteiger partial charge in [-0.25, -0.2) is 4.79 Å². The molecule has 1 unspecified atom stereocenters. The van der Waals surface area contributed by atoms with Crippen molar-refractivity contribution in [1.29, 1.82) is 0 Å². The molecule has 19 heavy (non-hydrogen) atoms. The lowest BCUT2D eigenvalue weighted by Gasteiger charge is -2.13. The van der Waals surface area contributed by atoms with Gasteiger partial charge in [0.1, 0.15) is 0 Å². The molecular weight excluding hydrogens is 244 g/mol. The van der Waals surface area contributed by atoms with Gasteiger partial charge in [-0.15, -0.1) is 0 Å². The first-order valence-electron chi connectivity index (χ1n) is 5.93. The minimum Gasteiger partial charge on any atom is -0.475 e. The number of carboxylic acid groups (broad SMARTS) is 1. The lowest BCUT2D eigenvalue weighted by Crippen LogP contribution is -2.10. The van der Waals surface area contributed by atoms with Gasteiger partial charge in [0.25, 0.3) is 0 Å². The fourth-order valence-corrected chi connectivity index (χ4v) is 2.06. The van der Waals surface area contributed by atoms with E-state index in [2.05, 4.69) is 0 Å². The highest BCUT2D eigenvalue weighted by atomic mass is 16.5. The molecule has 1 aromatic carbocycles. The zero-order chi connectivity index (χ0) is 14.0. The van der Waals surface area contributed by atoms with Crippen LogP contribution >= 0.6 is 0 Å². The number of hydrogen-bond acceptors (Lipinski definition) is 3. The van der Waals surface area contributed by atoms with Gasteiger partial charge in [-0.1, -0.05) is 36.4 Å². The van der Waals surface area contributed by atoms with E-state index in [-0.39, 0.29) is 17.1 Å². The third kappa shape index (κ3) is 2.29. The standard InChI is InChI=1S/C15H14O4/c1-3-6-10-7-4-5-8-11(10)14-12(16)9(2)13(19-14)15(17)18/h3-8,14H,1-2H3,(H,17,18). The second-order valence-electron chi connectivity index (χ2n) is 4.25. The zero-order valence-electron chi connectivity index (χ0n) is 10.7. The molecule has 2 rings (SSSR count). The van der Waals surface area contributed by atoms with Crippen molar-refractivity contribution in [2.75, 3.05) is 0 Å². The zero-order valence-corrected chi connectivity index (χ0v) is 10.7. The summed E-state index contributed by atoms with van der Waals surface area (Å²) in [6.45, 7) is 3.35. The van der Waals surface area contributed by atoms with E-state index in [1.54, 1.807) is 12.1 Å². The van der Waals surface area contributed by atoms with Crippen molar-refractivity contribution in [1.82, 2.24) is 0 Å². The Labute approximate surface area is 111 Å². The molecule has 0 amide bonds. The number of allylic oxidation sites excluding steroid dienone is 1. The third-order valence-corrected chi connectivity index (χ3v) is 3.00. The molecule has 98 valence electrons. The minimum absolute atomic E-state index is 0.160. The molecule has 4 heteroatoms. The topological polar surface area (TPSA) is 63.6 Å². The molecule has 0 spiro atoms. The van der Waals surface area contributed by atoms with Crippen LogP contribution in [-0.4, -0.2) is 16.9 Å². The summed E-state index contributed by atoms with van der Waals surface area (Å²) < 4.78 is 5.32. The molecular formula is C15H14O4. The summed E-state index contributed by atoms with van der Waals surface area (Å²) in [6, 6.07) is 7.29. The highest BCUT2D eigenvalue weighted by molar-refractivity contribution is 6.07. The van der Waals surface area contributed by atoms with Crippen LogP contribution < -0.4 is 0 Å². The molecule has 0 bridgehead atoms. The van der Waals surface area contributed by atoms with E-state index in [0.29, 0.717) is 5.56 Å². The number of rotatable bonds is 3. The van der Waals surface area contributed by atoms with E-state index in [1.165, 1.54) is 6.92 Å². The summed E-state index contributed by atoms with van der Waals surface area (Å²) >= 11 is 0. The summed E-state index contributed by atoms with van der Waals surface area (Å²) in [4.78, 5) is 23.1. The predicted molar refractivity (Wildman–Crippen MR) is 70.3 cm³/mol. The average Bonchev–Trinajstić information content (AvgIpc) is 2.68. The largest absolute Gasteiger partial charge is 0.475 e. The number of ether oxygens (including phenoxy) is 1. The maximum absolute atomic E-state index is 12.1. The van der Waals surface area contributed by atoms with Crippen LogP contribution in [0.5, 0.6) is 0 Å². The van der Waals surface area contributed by atoms with Gasteiger partial charge in [0, 0.05) is 11.1 Å². The van der Waals surface area contributed by atoms with Crippen LogP contribution in [0, 0.1) is 0 Å². The molecule has 1 N–H and O–H groups in total. The van der Waals surface area contributed by atoms with E-state index < -0.39 is 12.1 Å². The molecule has 1 aliphatic rings. The van der Waals surface area contributed by atoms with Gasteiger partial charge >= 0.3 is 5.97 Å². The number of carbonyl (C=O) groups excluding carboxylic acids is 1. The van der Waals surface area contributed by atoms with E-state index in [0.717, 1.165) is 5.56 Å². The molecule has 0 fully saturated rings. The number of aliphatic carboxylic acids is 1. The van der Waals surface area contributed by atoms with Crippen LogP contribution in [0.1, 0.15) is 31.1 Å². The maximum atomic E-state index is 12.1. The molecule has 1 atom stereocenters. The summed E-state index contributed by atoms with van der Waals surface area (Å²) in [5.41, 5.74) is 1.69. The fraction of sp³-hybridized carbons (Fsp3) is 0.200. The van der Waals surface area contributed by atoms with Crippen LogP contribution in [0.3, 0.4) is 0 Å². The minimum atomic E-state index is -1.21. The van der Waals surface area contributed by atoms with Crippen molar-refractivity contribution in [2.45, 2.75) is 20.0 Å². The molecule has 0 radical (unpaired) electrons. The average molecular weight is 258 g/mol. The van der Waals surface area contributed by atoms with Crippen molar-refractivity contribution in [2.24, 2.45) is 0 Å². The monoisotopic (exact) mass is 258 g/mol. The number of carbonyl (C=O) groups is 2. The van der Waals surface area contributed by atoms with Crippen LogP contribution in [0.4, 0.5) is 0 Å². The number of carboxylic acids is 1. The van der Waals surface area contributed by atoms with Crippen LogP contribution in [0.2, 0.25) is 0 Å². The Kier molecular flexibility index (Phi) is 3.51. The highest BCUT2D eigenvalue weighted by Gasteiger charge is 2.37. The lowest BCUT2D eigenvalue weighted by atomic mass is 9.97. The molecule has 1 aliphatic heterocycles. The summed E-state index contributed by atoms with van der Waals surface area (Å²) in [7, 11) is 0. The molecule has 4 nitrogen and oxygen atoms in total.